The van der Waals surface area contributed by atoms with Gasteiger partial charge in [-0.3, -0.25) is 0 Å². The molecular formula is C10H20OSi. The summed E-state index contributed by atoms with van der Waals surface area (Å²) in [6, 6.07) is 0. The molecule has 70 valence electrons. The Kier molecular flexibility index (Phi) is 5.28. The summed E-state index contributed by atoms with van der Waals surface area (Å²) in [6.07, 6.45) is 0.954. The zero-order valence-electron chi connectivity index (χ0n) is 8.90. The van der Waals surface area contributed by atoms with Crippen LogP contribution in [0, 0.1) is 17.3 Å². The Bertz CT molecular complexity index is 169. The second kappa shape index (κ2) is 5.39. The van der Waals surface area contributed by atoms with E-state index in [-0.39, 0.29) is 0 Å². The first kappa shape index (κ1) is 11.7. The van der Waals surface area contributed by atoms with Crippen LogP contribution in [-0.2, 0) is 4.43 Å². The van der Waals surface area contributed by atoms with E-state index in [1.807, 2.05) is 0 Å². The van der Waals surface area contributed by atoms with Crippen LogP contribution in [0.25, 0.3) is 0 Å². The zero-order chi connectivity index (χ0) is 9.61. The highest BCUT2D eigenvalue weighted by Crippen LogP contribution is 2.16. The molecule has 0 saturated heterocycles. The topological polar surface area (TPSA) is 9.23 Å². The molecule has 0 radical (unpaired) electrons. The zero-order valence-corrected chi connectivity index (χ0v) is 10.1. The summed E-state index contributed by atoms with van der Waals surface area (Å²) in [4.78, 5) is 0. The van der Waals surface area contributed by atoms with E-state index in [0.717, 1.165) is 6.42 Å². The highest BCUT2D eigenvalue weighted by Gasteiger charge is 2.06. The molecule has 0 spiro atoms. The highest BCUT2D eigenvalue weighted by molar-refractivity contribution is 6.48. The van der Waals surface area contributed by atoms with Crippen LogP contribution in [0.1, 0.15) is 27.2 Å². The van der Waals surface area contributed by atoms with Crippen molar-refractivity contribution in [2.75, 3.05) is 6.61 Å². The third kappa shape index (κ3) is 9.74. The molecule has 0 aliphatic heterocycles. The largest absolute Gasteiger partial charge is 0.410 e. The van der Waals surface area contributed by atoms with Gasteiger partial charge in [0.25, 0.3) is 0 Å². The van der Waals surface area contributed by atoms with E-state index < -0.39 is 9.04 Å². The van der Waals surface area contributed by atoms with E-state index in [0.29, 0.717) is 12.0 Å². The van der Waals surface area contributed by atoms with Gasteiger partial charge >= 0.3 is 0 Å². The fourth-order valence-corrected chi connectivity index (χ4v) is 1.00. The number of hydrogen-bond donors (Lipinski definition) is 0. The van der Waals surface area contributed by atoms with E-state index in [1.165, 1.54) is 0 Å². The summed E-state index contributed by atoms with van der Waals surface area (Å²) in [5.74, 6) is 6.16. The second-order valence-corrected chi connectivity index (χ2v) is 6.88. The molecule has 0 rings (SSSR count). The molecule has 0 heterocycles. The number of hydrogen-bond acceptors (Lipinski definition) is 1. The van der Waals surface area contributed by atoms with Crippen molar-refractivity contribution in [3.63, 3.8) is 0 Å². The minimum atomic E-state index is -0.858. The van der Waals surface area contributed by atoms with Gasteiger partial charge in [0.2, 0.25) is 0 Å². The van der Waals surface area contributed by atoms with Crippen LogP contribution >= 0.6 is 0 Å². The van der Waals surface area contributed by atoms with Gasteiger partial charge < -0.3 is 4.43 Å². The molecule has 0 aromatic heterocycles. The Morgan fingerprint density at radius 3 is 2.17 bits per heavy atom. The molecule has 0 saturated carbocycles. The maximum atomic E-state index is 5.42. The lowest BCUT2D eigenvalue weighted by atomic mass is 9.93. The van der Waals surface area contributed by atoms with Crippen LogP contribution in [0.4, 0.5) is 0 Å². The lowest BCUT2D eigenvalue weighted by Gasteiger charge is -2.12. The van der Waals surface area contributed by atoms with Gasteiger partial charge in [-0.25, -0.2) is 0 Å². The smallest absolute Gasteiger partial charge is 0.172 e. The Labute approximate surface area is 78.2 Å². The predicted octanol–water partition coefficient (Wildman–Crippen LogP) is 2.43. The Balaban J connectivity index is 3.48. The Hall–Kier alpha value is -0.263. The molecule has 0 amide bonds. The summed E-state index contributed by atoms with van der Waals surface area (Å²) in [7, 11) is -0.858. The fourth-order valence-electron chi connectivity index (χ4n) is 0.587. The van der Waals surface area contributed by atoms with E-state index >= 15 is 0 Å². The van der Waals surface area contributed by atoms with Crippen LogP contribution in [0.5, 0.6) is 0 Å². The van der Waals surface area contributed by atoms with Crippen LogP contribution < -0.4 is 0 Å². The highest BCUT2D eigenvalue weighted by atomic mass is 28.3. The molecular weight excluding hydrogens is 164 g/mol. The summed E-state index contributed by atoms with van der Waals surface area (Å²) in [6.45, 7) is 11.5. The molecule has 0 bridgehead atoms. The van der Waals surface area contributed by atoms with Gasteiger partial charge in [0.05, 0.1) is 6.61 Å². The van der Waals surface area contributed by atoms with Crippen molar-refractivity contribution in [2.45, 2.75) is 40.3 Å². The summed E-state index contributed by atoms with van der Waals surface area (Å²) in [5, 5.41) is 0. The first-order valence-electron chi connectivity index (χ1n) is 4.49. The average Bonchev–Trinajstić information content (AvgIpc) is 1.83. The molecule has 0 fully saturated rings. The van der Waals surface area contributed by atoms with Gasteiger partial charge in [-0.2, -0.15) is 0 Å². The Morgan fingerprint density at radius 2 is 1.75 bits per heavy atom. The van der Waals surface area contributed by atoms with Gasteiger partial charge in [0.15, 0.2) is 9.04 Å². The third-order valence-corrected chi connectivity index (χ3v) is 2.07. The summed E-state index contributed by atoms with van der Waals surface area (Å²) in [5.41, 5.74) is 0.322. The van der Waals surface area contributed by atoms with Gasteiger partial charge in [0.1, 0.15) is 0 Å². The normalized spacial score (nSPS) is 11.2. The molecule has 0 aromatic carbocycles. The second-order valence-electron chi connectivity index (χ2n) is 4.45. The summed E-state index contributed by atoms with van der Waals surface area (Å²) >= 11 is 0. The van der Waals surface area contributed by atoms with E-state index in [1.54, 1.807) is 0 Å². The molecule has 0 atom stereocenters. The summed E-state index contributed by atoms with van der Waals surface area (Å²) < 4.78 is 5.42. The molecule has 0 N–H and O–H groups in total. The lowest BCUT2D eigenvalue weighted by molar-refractivity contribution is 0.381. The molecule has 12 heavy (non-hydrogen) atoms. The molecule has 2 heteroatoms. The van der Waals surface area contributed by atoms with Crippen LogP contribution in [0.15, 0.2) is 0 Å². The van der Waals surface area contributed by atoms with E-state index in [2.05, 4.69) is 45.7 Å². The maximum absolute atomic E-state index is 5.42. The molecule has 0 aliphatic rings. The van der Waals surface area contributed by atoms with Crippen molar-refractivity contribution < 1.29 is 4.43 Å². The molecule has 0 aliphatic carbocycles. The maximum Gasteiger partial charge on any atom is 0.172 e. The van der Waals surface area contributed by atoms with Gasteiger partial charge in [-0.15, -0.1) is 5.92 Å². The van der Waals surface area contributed by atoms with Crippen molar-refractivity contribution in [3.8, 4) is 11.8 Å². The molecule has 0 unspecified atom stereocenters. The van der Waals surface area contributed by atoms with Crippen molar-refractivity contribution in [2.24, 2.45) is 5.41 Å². The van der Waals surface area contributed by atoms with E-state index in [9.17, 15) is 0 Å². The van der Waals surface area contributed by atoms with Crippen molar-refractivity contribution in [3.05, 3.63) is 0 Å². The third-order valence-electron chi connectivity index (χ3n) is 1.23. The van der Waals surface area contributed by atoms with E-state index in [4.69, 9.17) is 4.43 Å². The van der Waals surface area contributed by atoms with Crippen LogP contribution in [0.2, 0.25) is 13.1 Å². The monoisotopic (exact) mass is 184 g/mol. The minimum Gasteiger partial charge on any atom is -0.410 e. The molecule has 1 nitrogen and oxygen atoms in total. The standard InChI is InChI=1S/C10H20OSi/c1-10(2,3)8-6-7-9-11-12(4)5/h12H,8-9H2,1-5H3. The van der Waals surface area contributed by atoms with Crippen LogP contribution in [0.3, 0.4) is 0 Å². The SMILES string of the molecule is C[SiH](C)OCC#CCC(C)(C)C. The van der Waals surface area contributed by atoms with Gasteiger partial charge in [-0.05, 0) is 18.5 Å². The number of rotatable bonds is 2. The molecule has 0 aromatic rings. The van der Waals surface area contributed by atoms with Crippen molar-refractivity contribution in [1.29, 1.82) is 0 Å². The van der Waals surface area contributed by atoms with Crippen molar-refractivity contribution in [1.82, 2.24) is 0 Å². The quantitative estimate of drug-likeness (QED) is 0.473. The fraction of sp³-hybridized carbons (Fsp3) is 0.800. The first-order chi connectivity index (χ1) is 5.42. The van der Waals surface area contributed by atoms with Gasteiger partial charge in [0, 0.05) is 6.42 Å². The van der Waals surface area contributed by atoms with Gasteiger partial charge in [-0.1, -0.05) is 26.7 Å². The van der Waals surface area contributed by atoms with Crippen molar-refractivity contribution >= 4 is 9.04 Å². The van der Waals surface area contributed by atoms with Crippen LogP contribution in [-0.4, -0.2) is 15.6 Å². The Morgan fingerprint density at radius 1 is 1.17 bits per heavy atom. The first-order valence-corrected chi connectivity index (χ1v) is 7.27. The minimum absolute atomic E-state index is 0.322. The average molecular weight is 184 g/mol. The lowest BCUT2D eigenvalue weighted by Crippen LogP contribution is -2.07. The predicted molar refractivity (Wildman–Crippen MR) is 56.7 cm³/mol.